The number of aromatic nitrogens is 5. The first-order valence-corrected chi connectivity index (χ1v) is 11.6. The lowest BCUT2D eigenvalue weighted by atomic mass is 10.1. The molecule has 7 nitrogen and oxygen atoms in total. The maximum atomic E-state index is 12.7. The number of amides is 1. The number of pyridine rings is 2. The first kappa shape index (κ1) is 21.5. The molecule has 0 aliphatic rings. The number of nitrogens with one attached hydrogen (secondary N) is 1. The highest BCUT2D eigenvalue weighted by molar-refractivity contribution is 7.99. The van der Waals surface area contributed by atoms with Crippen molar-refractivity contribution in [3.8, 4) is 28.2 Å². The number of hydrogen-bond donors (Lipinski definition) is 1. The van der Waals surface area contributed by atoms with Crippen molar-refractivity contribution in [2.24, 2.45) is 0 Å². The van der Waals surface area contributed by atoms with E-state index < -0.39 is 0 Å². The van der Waals surface area contributed by atoms with Gasteiger partial charge in [0.15, 0.2) is 11.0 Å². The van der Waals surface area contributed by atoms with Crippen LogP contribution in [0, 0.1) is 0 Å². The summed E-state index contributed by atoms with van der Waals surface area (Å²) in [5, 5.41) is 12.3. The van der Waals surface area contributed by atoms with E-state index in [-0.39, 0.29) is 11.7 Å². The Hall–Kier alpha value is -4.30. The summed E-state index contributed by atoms with van der Waals surface area (Å²) in [5.74, 6) is 0.778. The minimum Gasteiger partial charge on any atom is -0.325 e. The molecule has 0 saturated carbocycles. The van der Waals surface area contributed by atoms with Crippen LogP contribution in [0.1, 0.15) is 0 Å². The largest absolute Gasteiger partial charge is 0.325 e. The molecule has 1 amide bonds. The third-order valence-corrected chi connectivity index (χ3v) is 6.01. The van der Waals surface area contributed by atoms with Gasteiger partial charge in [-0.1, -0.05) is 48.2 Å². The minimum atomic E-state index is -0.118. The Morgan fingerprint density at radius 3 is 2.29 bits per heavy atom. The lowest BCUT2D eigenvalue weighted by molar-refractivity contribution is -0.113. The van der Waals surface area contributed by atoms with E-state index in [1.54, 1.807) is 18.6 Å². The Labute approximate surface area is 200 Å². The molecule has 5 rings (SSSR count). The lowest BCUT2D eigenvalue weighted by Gasteiger charge is -2.10. The Balaban J connectivity index is 1.30. The van der Waals surface area contributed by atoms with E-state index >= 15 is 0 Å². The van der Waals surface area contributed by atoms with Crippen molar-refractivity contribution in [3.63, 3.8) is 0 Å². The van der Waals surface area contributed by atoms with E-state index in [1.165, 1.54) is 11.8 Å². The van der Waals surface area contributed by atoms with Crippen LogP contribution in [0.4, 0.5) is 5.69 Å². The fourth-order valence-corrected chi connectivity index (χ4v) is 4.22. The Kier molecular flexibility index (Phi) is 6.40. The molecule has 0 aliphatic carbocycles. The van der Waals surface area contributed by atoms with Crippen LogP contribution < -0.4 is 5.32 Å². The SMILES string of the molecule is O=C(CSc1nnc(-c2ccncc2)n1-c1ccccc1)Nc1ccc(-c2cccnc2)cc1. The Morgan fingerprint density at radius 2 is 1.56 bits per heavy atom. The van der Waals surface area contributed by atoms with Crippen LogP contribution in [0.2, 0.25) is 0 Å². The number of carbonyl (C=O) groups is 1. The first-order valence-electron chi connectivity index (χ1n) is 10.6. The average Bonchev–Trinajstić information content (AvgIpc) is 3.33. The van der Waals surface area contributed by atoms with Crippen molar-refractivity contribution in [1.29, 1.82) is 0 Å². The molecule has 0 bridgehead atoms. The van der Waals surface area contributed by atoms with Gasteiger partial charge < -0.3 is 5.32 Å². The molecule has 0 radical (unpaired) electrons. The molecule has 0 saturated heterocycles. The zero-order valence-electron chi connectivity index (χ0n) is 18.1. The molecule has 0 fully saturated rings. The van der Waals surface area contributed by atoms with Crippen LogP contribution in [-0.4, -0.2) is 36.4 Å². The van der Waals surface area contributed by atoms with Crippen molar-refractivity contribution in [3.05, 3.63) is 104 Å². The second-order valence-electron chi connectivity index (χ2n) is 7.37. The van der Waals surface area contributed by atoms with Gasteiger partial charge in [0.05, 0.1) is 5.75 Å². The van der Waals surface area contributed by atoms with Crippen molar-refractivity contribution in [2.75, 3.05) is 11.1 Å². The van der Waals surface area contributed by atoms with E-state index in [0.29, 0.717) is 11.0 Å². The highest BCUT2D eigenvalue weighted by Gasteiger charge is 2.17. The molecule has 2 aromatic carbocycles. The van der Waals surface area contributed by atoms with Gasteiger partial charge >= 0.3 is 0 Å². The number of nitrogens with zero attached hydrogens (tertiary/aromatic N) is 5. The Bertz CT molecular complexity index is 1370. The van der Waals surface area contributed by atoms with Crippen molar-refractivity contribution >= 4 is 23.4 Å². The van der Waals surface area contributed by atoms with Gasteiger partial charge in [0.25, 0.3) is 0 Å². The number of carbonyl (C=O) groups excluding carboxylic acids is 1. The number of hydrogen-bond acceptors (Lipinski definition) is 6. The highest BCUT2D eigenvalue weighted by Crippen LogP contribution is 2.28. The molecule has 1 N–H and O–H groups in total. The second-order valence-corrected chi connectivity index (χ2v) is 8.31. The van der Waals surface area contributed by atoms with Crippen LogP contribution in [-0.2, 0) is 4.79 Å². The molecular formula is C26H20N6OS. The van der Waals surface area contributed by atoms with Gasteiger partial charge in [0.2, 0.25) is 5.91 Å². The lowest BCUT2D eigenvalue weighted by Crippen LogP contribution is -2.14. The molecule has 166 valence electrons. The first-order chi connectivity index (χ1) is 16.8. The quantitative estimate of drug-likeness (QED) is 0.337. The highest BCUT2D eigenvalue weighted by atomic mass is 32.2. The van der Waals surface area contributed by atoms with Gasteiger partial charge in [-0.3, -0.25) is 19.3 Å². The molecule has 3 aromatic heterocycles. The van der Waals surface area contributed by atoms with Gasteiger partial charge in [0, 0.05) is 41.7 Å². The van der Waals surface area contributed by atoms with Crippen molar-refractivity contribution < 1.29 is 4.79 Å². The van der Waals surface area contributed by atoms with E-state index in [1.807, 2.05) is 89.6 Å². The molecule has 0 aliphatic heterocycles. The molecule has 0 spiro atoms. The van der Waals surface area contributed by atoms with Crippen LogP contribution in [0.3, 0.4) is 0 Å². The maximum absolute atomic E-state index is 12.7. The monoisotopic (exact) mass is 464 g/mol. The third-order valence-electron chi connectivity index (χ3n) is 5.08. The minimum absolute atomic E-state index is 0.118. The molecule has 0 atom stereocenters. The topological polar surface area (TPSA) is 85.6 Å². The van der Waals surface area contributed by atoms with E-state index in [2.05, 4.69) is 25.5 Å². The zero-order valence-corrected chi connectivity index (χ0v) is 18.9. The van der Waals surface area contributed by atoms with E-state index in [9.17, 15) is 4.79 Å². The summed E-state index contributed by atoms with van der Waals surface area (Å²) in [6.07, 6.45) is 7.00. The van der Waals surface area contributed by atoms with E-state index in [0.717, 1.165) is 28.1 Å². The summed E-state index contributed by atoms with van der Waals surface area (Å²) in [6, 6.07) is 25.2. The molecule has 34 heavy (non-hydrogen) atoms. The zero-order chi connectivity index (χ0) is 23.2. The molecule has 5 aromatic rings. The van der Waals surface area contributed by atoms with Crippen LogP contribution in [0.25, 0.3) is 28.2 Å². The smallest absolute Gasteiger partial charge is 0.234 e. The maximum Gasteiger partial charge on any atom is 0.234 e. The molecule has 3 heterocycles. The number of rotatable bonds is 7. The summed E-state index contributed by atoms with van der Waals surface area (Å²) < 4.78 is 1.95. The standard InChI is InChI=1S/C26H20N6OS/c33-24(29-22-10-8-19(9-11-22)21-5-4-14-28-17-21)18-34-26-31-30-25(20-12-15-27-16-13-20)32(26)23-6-2-1-3-7-23/h1-17H,18H2,(H,29,33). The average molecular weight is 465 g/mol. The number of anilines is 1. The second kappa shape index (κ2) is 10.1. The predicted octanol–water partition coefficient (Wildman–Crippen LogP) is 5.12. The summed E-state index contributed by atoms with van der Waals surface area (Å²) in [7, 11) is 0. The summed E-state index contributed by atoms with van der Waals surface area (Å²) in [4.78, 5) is 20.9. The van der Waals surface area contributed by atoms with E-state index in [4.69, 9.17) is 0 Å². The summed E-state index contributed by atoms with van der Waals surface area (Å²) >= 11 is 1.34. The number of benzene rings is 2. The van der Waals surface area contributed by atoms with Gasteiger partial charge in [-0.05, 0) is 53.6 Å². The van der Waals surface area contributed by atoms with Gasteiger partial charge in [-0.25, -0.2) is 0 Å². The van der Waals surface area contributed by atoms with Crippen molar-refractivity contribution in [2.45, 2.75) is 5.16 Å². The number of thioether (sulfide) groups is 1. The van der Waals surface area contributed by atoms with Crippen LogP contribution in [0.5, 0.6) is 0 Å². The van der Waals surface area contributed by atoms with Crippen LogP contribution in [0.15, 0.2) is 109 Å². The van der Waals surface area contributed by atoms with Gasteiger partial charge in [-0.15, -0.1) is 10.2 Å². The summed E-state index contributed by atoms with van der Waals surface area (Å²) in [5.41, 5.74) is 4.63. The van der Waals surface area contributed by atoms with Crippen LogP contribution >= 0.6 is 11.8 Å². The molecule has 0 unspecified atom stereocenters. The summed E-state index contributed by atoms with van der Waals surface area (Å²) in [6.45, 7) is 0. The molecule has 8 heteroatoms. The Morgan fingerprint density at radius 1 is 0.765 bits per heavy atom. The van der Waals surface area contributed by atoms with Gasteiger partial charge in [0.1, 0.15) is 0 Å². The fraction of sp³-hybridized carbons (Fsp3) is 0.0385. The molecular weight excluding hydrogens is 444 g/mol. The normalized spacial score (nSPS) is 10.7. The van der Waals surface area contributed by atoms with Gasteiger partial charge in [-0.2, -0.15) is 0 Å². The third kappa shape index (κ3) is 4.87. The predicted molar refractivity (Wildman–Crippen MR) is 134 cm³/mol. The van der Waals surface area contributed by atoms with Crippen molar-refractivity contribution in [1.82, 2.24) is 24.7 Å². The number of para-hydroxylation sites is 1. The fourth-order valence-electron chi connectivity index (χ4n) is 3.47.